The Hall–Kier alpha value is -1.39. The first kappa shape index (κ1) is 15.0. The summed E-state index contributed by atoms with van der Waals surface area (Å²) in [5, 5.41) is 0. The monoisotopic (exact) mass is 337 g/mol. The van der Waals surface area contributed by atoms with Gasteiger partial charge in [-0.3, -0.25) is 0 Å². The number of ether oxygens (including phenoxy) is 1. The van der Waals surface area contributed by atoms with Crippen LogP contribution in [0.2, 0.25) is 0 Å². The largest absolute Gasteiger partial charge is 0.496 e. The van der Waals surface area contributed by atoms with Crippen molar-refractivity contribution in [2.75, 3.05) is 7.11 Å². The molecule has 1 atom stereocenters. The molecular formula is C16H17BrFNO. The average molecular weight is 338 g/mol. The summed E-state index contributed by atoms with van der Waals surface area (Å²) < 4.78 is 19.6. The third-order valence-electron chi connectivity index (χ3n) is 3.34. The van der Waals surface area contributed by atoms with Crippen LogP contribution in [0, 0.1) is 19.7 Å². The quantitative estimate of drug-likeness (QED) is 0.907. The van der Waals surface area contributed by atoms with E-state index in [1.807, 2.05) is 26.0 Å². The topological polar surface area (TPSA) is 35.2 Å². The maximum Gasteiger partial charge on any atom is 0.124 e. The number of benzene rings is 2. The highest BCUT2D eigenvalue weighted by Gasteiger charge is 2.16. The molecule has 0 aromatic heterocycles. The third-order valence-corrected chi connectivity index (χ3v) is 4.06. The molecule has 1 unspecified atom stereocenters. The summed E-state index contributed by atoms with van der Waals surface area (Å²) in [6.07, 6.45) is 0. The Kier molecular flexibility index (Phi) is 4.45. The van der Waals surface area contributed by atoms with E-state index in [9.17, 15) is 4.39 Å². The van der Waals surface area contributed by atoms with Gasteiger partial charge in [0.2, 0.25) is 0 Å². The molecule has 0 aliphatic rings. The fourth-order valence-electron chi connectivity index (χ4n) is 2.42. The third kappa shape index (κ3) is 2.86. The maximum absolute atomic E-state index is 13.4. The zero-order valence-corrected chi connectivity index (χ0v) is 13.3. The first-order valence-electron chi connectivity index (χ1n) is 6.29. The van der Waals surface area contributed by atoms with Gasteiger partial charge in [0.05, 0.1) is 13.2 Å². The second-order valence-corrected chi connectivity index (χ2v) is 5.69. The van der Waals surface area contributed by atoms with Crippen LogP contribution in [0.15, 0.2) is 34.8 Å². The Morgan fingerprint density at radius 3 is 2.30 bits per heavy atom. The van der Waals surface area contributed by atoms with Crippen LogP contribution in [0.4, 0.5) is 4.39 Å². The summed E-state index contributed by atoms with van der Waals surface area (Å²) in [6, 6.07) is 8.12. The molecule has 0 heterocycles. The second kappa shape index (κ2) is 5.94. The zero-order valence-electron chi connectivity index (χ0n) is 11.7. The molecule has 0 radical (unpaired) electrons. The van der Waals surface area contributed by atoms with Crippen molar-refractivity contribution >= 4 is 15.9 Å². The van der Waals surface area contributed by atoms with Crippen molar-refractivity contribution in [3.63, 3.8) is 0 Å². The lowest BCUT2D eigenvalue weighted by Crippen LogP contribution is -2.13. The number of nitrogens with two attached hydrogens (primary N) is 1. The lowest BCUT2D eigenvalue weighted by atomic mass is 9.95. The zero-order chi connectivity index (χ0) is 14.9. The van der Waals surface area contributed by atoms with Crippen molar-refractivity contribution in [1.29, 1.82) is 0 Å². The number of aryl methyl sites for hydroxylation is 2. The normalized spacial score (nSPS) is 12.3. The van der Waals surface area contributed by atoms with Gasteiger partial charge in [-0.1, -0.05) is 28.1 Å². The predicted molar refractivity (Wildman–Crippen MR) is 82.6 cm³/mol. The minimum absolute atomic E-state index is 0.291. The van der Waals surface area contributed by atoms with Crippen molar-refractivity contribution in [2.24, 2.45) is 5.73 Å². The molecule has 0 saturated carbocycles. The fourth-order valence-corrected chi connectivity index (χ4v) is 2.91. The summed E-state index contributed by atoms with van der Waals surface area (Å²) in [5.41, 5.74) is 9.98. The number of hydrogen-bond acceptors (Lipinski definition) is 2. The molecule has 20 heavy (non-hydrogen) atoms. The van der Waals surface area contributed by atoms with E-state index in [2.05, 4.69) is 15.9 Å². The summed E-state index contributed by atoms with van der Waals surface area (Å²) in [4.78, 5) is 0. The van der Waals surface area contributed by atoms with Gasteiger partial charge in [-0.25, -0.2) is 4.39 Å². The molecule has 106 valence electrons. The summed E-state index contributed by atoms with van der Waals surface area (Å²) in [7, 11) is 1.65. The summed E-state index contributed by atoms with van der Waals surface area (Å²) >= 11 is 3.42. The van der Waals surface area contributed by atoms with Gasteiger partial charge >= 0.3 is 0 Å². The van der Waals surface area contributed by atoms with E-state index in [1.54, 1.807) is 13.2 Å². The summed E-state index contributed by atoms with van der Waals surface area (Å²) in [6.45, 7) is 3.95. The average Bonchev–Trinajstić information content (AvgIpc) is 2.40. The molecule has 0 amide bonds. The van der Waals surface area contributed by atoms with E-state index in [0.717, 1.165) is 32.5 Å². The van der Waals surface area contributed by atoms with Crippen molar-refractivity contribution in [2.45, 2.75) is 19.9 Å². The van der Waals surface area contributed by atoms with Crippen LogP contribution in [-0.2, 0) is 0 Å². The van der Waals surface area contributed by atoms with E-state index in [4.69, 9.17) is 10.5 Å². The highest BCUT2D eigenvalue weighted by Crippen LogP contribution is 2.32. The number of methoxy groups -OCH3 is 1. The first-order valence-corrected chi connectivity index (χ1v) is 7.09. The maximum atomic E-state index is 13.4. The van der Waals surface area contributed by atoms with Gasteiger partial charge in [-0.05, 0) is 54.3 Å². The van der Waals surface area contributed by atoms with Gasteiger partial charge in [0.25, 0.3) is 0 Å². The molecule has 0 aliphatic heterocycles. The highest BCUT2D eigenvalue weighted by molar-refractivity contribution is 9.10. The predicted octanol–water partition coefficient (Wildman–Crippen LogP) is 4.26. The smallest absolute Gasteiger partial charge is 0.124 e. The molecule has 0 aliphatic carbocycles. The second-order valence-electron chi connectivity index (χ2n) is 4.83. The molecule has 0 spiro atoms. The summed E-state index contributed by atoms with van der Waals surface area (Å²) in [5.74, 6) is 0.569. The molecule has 2 aromatic rings. The van der Waals surface area contributed by atoms with Crippen molar-refractivity contribution in [3.05, 3.63) is 62.9 Å². The van der Waals surface area contributed by atoms with Crippen LogP contribution >= 0.6 is 15.9 Å². The SMILES string of the molecule is COc1c(C)cc(C(N)c2cc(F)ccc2Br)cc1C. The van der Waals surface area contributed by atoms with Crippen LogP contribution in [0.5, 0.6) is 5.75 Å². The van der Waals surface area contributed by atoms with E-state index < -0.39 is 0 Å². The molecule has 0 bridgehead atoms. The van der Waals surface area contributed by atoms with Crippen LogP contribution in [0.1, 0.15) is 28.3 Å². The van der Waals surface area contributed by atoms with Gasteiger partial charge in [0.1, 0.15) is 11.6 Å². The Bertz CT molecular complexity index is 619. The molecule has 0 saturated heterocycles. The van der Waals surface area contributed by atoms with Gasteiger partial charge < -0.3 is 10.5 Å². The Labute approximate surface area is 126 Å². The van der Waals surface area contributed by atoms with Crippen LogP contribution in [-0.4, -0.2) is 7.11 Å². The Morgan fingerprint density at radius 1 is 1.15 bits per heavy atom. The van der Waals surface area contributed by atoms with Crippen molar-refractivity contribution in [1.82, 2.24) is 0 Å². The standard InChI is InChI=1S/C16H17BrFNO/c1-9-6-11(7-10(2)16(9)20-3)15(19)13-8-12(18)4-5-14(13)17/h4-8,15H,19H2,1-3H3. The van der Waals surface area contributed by atoms with E-state index >= 15 is 0 Å². The minimum Gasteiger partial charge on any atom is -0.496 e. The lowest BCUT2D eigenvalue weighted by molar-refractivity contribution is 0.408. The van der Waals surface area contributed by atoms with Crippen molar-refractivity contribution < 1.29 is 9.13 Å². The number of rotatable bonds is 3. The molecule has 0 fully saturated rings. The van der Waals surface area contributed by atoms with Crippen LogP contribution in [0.3, 0.4) is 0 Å². The molecule has 2 nitrogen and oxygen atoms in total. The molecule has 2 rings (SSSR count). The van der Waals surface area contributed by atoms with E-state index in [-0.39, 0.29) is 11.9 Å². The number of halogens is 2. The highest BCUT2D eigenvalue weighted by atomic mass is 79.9. The molecule has 4 heteroatoms. The first-order chi connectivity index (χ1) is 9.43. The lowest BCUT2D eigenvalue weighted by Gasteiger charge is -2.18. The molecule has 2 N–H and O–H groups in total. The van der Waals surface area contributed by atoms with Crippen LogP contribution in [0.25, 0.3) is 0 Å². The van der Waals surface area contributed by atoms with Gasteiger partial charge in [-0.2, -0.15) is 0 Å². The van der Waals surface area contributed by atoms with Gasteiger partial charge in [0, 0.05) is 4.47 Å². The van der Waals surface area contributed by atoms with Crippen LogP contribution < -0.4 is 10.5 Å². The number of hydrogen-bond donors (Lipinski definition) is 1. The minimum atomic E-state index is -0.386. The van der Waals surface area contributed by atoms with E-state index in [0.29, 0.717) is 0 Å². The molecular weight excluding hydrogens is 321 g/mol. The molecule has 2 aromatic carbocycles. The van der Waals surface area contributed by atoms with E-state index in [1.165, 1.54) is 12.1 Å². The van der Waals surface area contributed by atoms with Gasteiger partial charge in [0.15, 0.2) is 0 Å². The Balaban J connectivity index is 2.48. The Morgan fingerprint density at radius 2 is 1.75 bits per heavy atom. The fraction of sp³-hybridized carbons (Fsp3) is 0.250. The van der Waals surface area contributed by atoms with Crippen molar-refractivity contribution in [3.8, 4) is 5.75 Å². The van der Waals surface area contributed by atoms with Gasteiger partial charge in [-0.15, -0.1) is 0 Å².